The van der Waals surface area contributed by atoms with Crippen molar-refractivity contribution in [2.45, 2.75) is 38.3 Å². The van der Waals surface area contributed by atoms with Crippen LogP contribution in [0.3, 0.4) is 0 Å². The van der Waals surface area contributed by atoms with Crippen LogP contribution in [0.25, 0.3) is 16.8 Å². The first-order valence-corrected chi connectivity index (χ1v) is 12.6. The van der Waals surface area contributed by atoms with Gasteiger partial charge in [0.25, 0.3) is 11.1 Å². The number of fused-ring (bicyclic) bond motifs is 1. The summed E-state index contributed by atoms with van der Waals surface area (Å²) in [6.07, 6.45) is 7.56. The van der Waals surface area contributed by atoms with Crippen LogP contribution in [0.4, 0.5) is 15.1 Å². The monoisotopic (exact) mass is 491 g/mol. The van der Waals surface area contributed by atoms with Crippen LogP contribution in [-0.2, 0) is 11.3 Å². The van der Waals surface area contributed by atoms with Gasteiger partial charge >= 0.3 is 0 Å². The Bertz CT molecular complexity index is 1290. The zero-order valence-corrected chi connectivity index (χ0v) is 19.9. The molecule has 9 heteroatoms. The zero-order valence-electron chi connectivity index (χ0n) is 19.1. The third kappa shape index (κ3) is 6.04. The smallest absolute Gasteiger partial charge is 0.290 e. The molecule has 1 saturated heterocycles. The highest BCUT2D eigenvalue weighted by atomic mass is 32.2. The summed E-state index contributed by atoms with van der Waals surface area (Å²) in [5, 5.41) is 10.8. The first-order valence-electron chi connectivity index (χ1n) is 11.8. The number of rotatable bonds is 7. The predicted octanol–water partition coefficient (Wildman–Crippen LogP) is 4.85. The van der Waals surface area contributed by atoms with Crippen LogP contribution in [-0.4, -0.2) is 33.7 Å². The molecule has 1 aliphatic carbocycles. The lowest BCUT2D eigenvalue weighted by molar-refractivity contribution is -0.115. The summed E-state index contributed by atoms with van der Waals surface area (Å²) in [5.41, 5.74) is 1.79. The molecule has 2 aliphatic rings. The maximum Gasteiger partial charge on any atom is 0.290 e. The van der Waals surface area contributed by atoms with Gasteiger partial charge in [0.2, 0.25) is 5.95 Å². The Morgan fingerprint density at radius 1 is 1.06 bits per heavy atom. The van der Waals surface area contributed by atoms with Crippen molar-refractivity contribution < 1.29 is 14.0 Å². The molecule has 0 unspecified atom stereocenters. The van der Waals surface area contributed by atoms with Crippen molar-refractivity contribution in [3.8, 4) is 0 Å². The van der Waals surface area contributed by atoms with Crippen LogP contribution in [0.15, 0.2) is 53.6 Å². The van der Waals surface area contributed by atoms with Crippen molar-refractivity contribution in [1.29, 1.82) is 0 Å². The summed E-state index contributed by atoms with van der Waals surface area (Å²) in [6.45, 7) is 1.76. The maximum absolute atomic E-state index is 13.4. The van der Waals surface area contributed by atoms with Crippen molar-refractivity contribution in [3.63, 3.8) is 0 Å². The SMILES string of the molecule is O=C1NC(=O)C(=Cc2ccnc(NC3CCC(CNCc4ccc5cc(F)ccc5c4)CC3)n2)S1. The van der Waals surface area contributed by atoms with E-state index in [0.29, 0.717) is 28.5 Å². The molecule has 180 valence electrons. The molecule has 2 heterocycles. The number of hydrogen-bond acceptors (Lipinski definition) is 7. The summed E-state index contributed by atoms with van der Waals surface area (Å²) in [6, 6.07) is 13.0. The van der Waals surface area contributed by atoms with Crippen LogP contribution >= 0.6 is 11.8 Å². The van der Waals surface area contributed by atoms with Crippen LogP contribution in [0, 0.1) is 11.7 Å². The number of hydrogen-bond donors (Lipinski definition) is 3. The standard InChI is InChI=1S/C26H26FN5O2S/c27-20-6-5-18-11-17(1-4-19(18)12-20)15-28-14-16-2-7-21(8-3-16)30-25-29-10-9-22(31-25)13-23-24(33)32-26(34)35-23/h1,4-6,9-13,16,21,28H,2-3,7-8,14-15H2,(H,29,30,31)(H,32,33,34). The van der Waals surface area contributed by atoms with E-state index in [9.17, 15) is 14.0 Å². The van der Waals surface area contributed by atoms with Crippen molar-refractivity contribution >= 4 is 45.7 Å². The fourth-order valence-corrected chi connectivity index (χ4v) is 5.23. The lowest BCUT2D eigenvalue weighted by atomic mass is 9.86. The molecule has 1 aromatic heterocycles. The van der Waals surface area contributed by atoms with Gasteiger partial charge in [0.15, 0.2) is 0 Å². The second-order valence-corrected chi connectivity index (χ2v) is 9.99. The van der Waals surface area contributed by atoms with Gasteiger partial charge in [-0.2, -0.15) is 0 Å². The number of nitrogens with one attached hydrogen (secondary N) is 3. The van der Waals surface area contributed by atoms with Gasteiger partial charge in [0.1, 0.15) is 5.82 Å². The molecule has 0 atom stereocenters. The number of anilines is 1. The van der Waals surface area contributed by atoms with Gasteiger partial charge in [-0.3, -0.25) is 14.9 Å². The van der Waals surface area contributed by atoms with Crippen molar-refractivity contribution in [2.24, 2.45) is 5.92 Å². The number of carbonyl (C=O) groups excluding carboxylic acids is 2. The molecule has 3 aromatic rings. The van der Waals surface area contributed by atoms with Crippen molar-refractivity contribution in [2.75, 3.05) is 11.9 Å². The molecule has 2 fully saturated rings. The molecule has 0 radical (unpaired) electrons. The third-order valence-electron chi connectivity index (χ3n) is 6.41. The summed E-state index contributed by atoms with van der Waals surface area (Å²) in [5.74, 6) is 0.554. The summed E-state index contributed by atoms with van der Waals surface area (Å²) >= 11 is 0.877. The number of benzene rings is 2. The summed E-state index contributed by atoms with van der Waals surface area (Å²) in [7, 11) is 0. The largest absolute Gasteiger partial charge is 0.351 e. The minimum absolute atomic E-state index is 0.208. The molecule has 0 bridgehead atoms. The molecule has 1 saturated carbocycles. The molecule has 7 nitrogen and oxygen atoms in total. The summed E-state index contributed by atoms with van der Waals surface area (Å²) in [4.78, 5) is 32.2. The first-order chi connectivity index (χ1) is 17.0. The molecular weight excluding hydrogens is 465 g/mol. The van der Waals surface area contributed by atoms with E-state index in [2.05, 4.69) is 38.1 Å². The summed E-state index contributed by atoms with van der Waals surface area (Å²) < 4.78 is 13.4. The van der Waals surface area contributed by atoms with Crippen molar-refractivity contribution in [3.05, 3.63) is 70.6 Å². The quantitative estimate of drug-likeness (QED) is 0.407. The molecule has 0 spiro atoms. The first kappa shape index (κ1) is 23.4. The zero-order chi connectivity index (χ0) is 24.2. The number of imide groups is 1. The van der Waals surface area contributed by atoms with Gasteiger partial charge in [-0.1, -0.05) is 18.2 Å². The number of nitrogens with zero attached hydrogens (tertiary/aromatic N) is 2. The normalized spacial score (nSPS) is 21.5. The second-order valence-electron chi connectivity index (χ2n) is 8.98. The van der Waals surface area contributed by atoms with E-state index in [1.807, 2.05) is 12.1 Å². The lowest BCUT2D eigenvalue weighted by Gasteiger charge is -2.29. The highest BCUT2D eigenvalue weighted by Crippen LogP contribution is 2.27. The molecule has 1 aliphatic heterocycles. The second kappa shape index (κ2) is 10.5. The number of halogens is 1. The maximum atomic E-state index is 13.4. The highest BCUT2D eigenvalue weighted by Gasteiger charge is 2.25. The van der Waals surface area contributed by atoms with E-state index in [0.717, 1.165) is 61.3 Å². The highest BCUT2D eigenvalue weighted by molar-refractivity contribution is 8.18. The molecule has 2 aromatic carbocycles. The van der Waals surface area contributed by atoms with Gasteiger partial charge < -0.3 is 10.6 Å². The Labute approximate surface area is 207 Å². The minimum atomic E-state index is -0.393. The number of aromatic nitrogens is 2. The fraction of sp³-hybridized carbons (Fsp3) is 0.308. The molecular formula is C26H26FN5O2S. The Hall–Kier alpha value is -3.30. The number of thioether (sulfide) groups is 1. The Morgan fingerprint density at radius 3 is 2.66 bits per heavy atom. The Morgan fingerprint density at radius 2 is 1.86 bits per heavy atom. The van der Waals surface area contributed by atoms with Gasteiger partial charge in [-0.05, 0) is 96.6 Å². The topological polar surface area (TPSA) is 96.0 Å². The van der Waals surface area contributed by atoms with Gasteiger partial charge in [-0.25, -0.2) is 14.4 Å². The van der Waals surface area contributed by atoms with E-state index in [4.69, 9.17) is 0 Å². The van der Waals surface area contributed by atoms with E-state index in [-0.39, 0.29) is 11.1 Å². The van der Waals surface area contributed by atoms with Crippen LogP contribution in [0.1, 0.15) is 36.9 Å². The van der Waals surface area contributed by atoms with Crippen LogP contribution in [0.5, 0.6) is 0 Å². The minimum Gasteiger partial charge on any atom is -0.351 e. The average Bonchev–Trinajstić information content (AvgIpc) is 3.16. The lowest BCUT2D eigenvalue weighted by Crippen LogP contribution is -2.31. The Kier molecular flexibility index (Phi) is 7.06. The van der Waals surface area contributed by atoms with E-state index in [1.54, 1.807) is 24.4 Å². The van der Waals surface area contributed by atoms with E-state index >= 15 is 0 Å². The van der Waals surface area contributed by atoms with Crippen LogP contribution < -0.4 is 16.0 Å². The van der Waals surface area contributed by atoms with Crippen molar-refractivity contribution in [1.82, 2.24) is 20.6 Å². The fourth-order valence-electron chi connectivity index (χ4n) is 4.57. The Balaban J connectivity index is 1.08. The molecule has 2 amide bonds. The molecule has 3 N–H and O–H groups in total. The van der Waals surface area contributed by atoms with E-state index < -0.39 is 5.91 Å². The molecule has 35 heavy (non-hydrogen) atoms. The van der Waals surface area contributed by atoms with E-state index in [1.165, 1.54) is 11.6 Å². The van der Waals surface area contributed by atoms with Crippen LogP contribution in [0.2, 0.25) is 0 Å². The van der Waals surface area contributed by atoms with Gasteiger partial charge in [-0.15, -0.1) is 0 Å². The third-order valence-corrected chi connectivity index (χ3v) is 7.22. The number of carbonyl (C=O) groups is 2. The van der Waals surface area contributed by atoms with Gasteiger partial charge in [0.05, 0.1) is 10.6 Å². The average molecular weight is 492 g/mol. The predicted molar refractivity (Wildman–Crippen MR) is 136 cm³/mol. The number of amides is 2. The van der Waals surface area contributed by atoms with Gasteiger partial charge in [0, 0.05) is 18.8 Å². The molecule has 5 rings (SSSR count).